The molecule has 0 amide bonds. The highest BCUT2D eigenvalue weighted by atomic mass is 16.7. The van der Waals surface area contributed by atoms with E-state index in [9.17, 15) is 25.2 Å². The van der Waals surface area contributed by atoms with Gasteiger partial charge in [-0.15, -0.1) is 0 Å². The number of hydrogen-bond acceptors (Lipinski definition) is 9. The van der Waals surface area contributed by atoms with Crippen molar-refractivity contribution in [3.05, 3.63) is 12.2 Å². The molecule has 0 aliphatic carbocycles. The van der Waals surface area contributed by atoms with Crippen molar-refractivity contribution in [2.45, 2.75) is 288 Å². The van der Waals surface area contributed by atoms with Crippen molar-refractivity contribution in [2.75, 3.05) is 26.4 Å². The molecule has 9 heteroatoms. The summed E-state index contributed by atoms with van der Waals surface area (Å²) in [6.07, 6.45) is 44.0. The summed E-state index contributed by atoms with van der Waals surface area (Å²) in [6.45, 7) is 4.58. The highest BCUT2D eigenvalue weighted by Crippen LogP contribution is 2.23. The standard InChI is InChI=1S/C52H100O9/c1-3-5-7-9-11-13-15-17-18-19-20-21-22-23-24-25-26-27-28-30-32-34-36-38-40-42-58-44-46(45-59-52-51(57)50(56)49(55)47(43-53)61-52)60-48(54)41-39-37-35-33-31-29-16-14-12-10-8-6-4-2/h14,16,46-47,49-53,55-57H,3-13,15,17-45H2,1-2H3/b16-14-. The van der Waals surface area contributed by atoms with Gasteiger partial charge in [-0.05, 0) is 38.5 Å². The van der Waals surface area contributed by atoms with Crippen molar-refractivity contribution in [1.82, 2.24) is 0 Å². The first kappa shape index (κ1) is 57.9. The largest absolute Gasteiger partial charge is 0.457 e. The molecule has 4 N–H and O–H groups in total. The smallest absolute Gasteiger partial charge is 0.306 e. The molecule has 1 fully saturated rings. The van der Waals surface area contributed by atoms with E-state index in [1.807, 2.05) is 0 Å². The number of rotatable bonds is 46. The normalized spacial score (nSPS) is 19.9. The molecule has 61 heavy (non-hydrogen) atoms. The summed E-state index contributed by atoms with van der Waals surface area (Å²) in [6, 6.07) is 0. The number of carbonyl (C=O) groups excluding carboxylic acids is 1. The Morgan fingerprint density at radius 1 is 0.508 bits per heavy atom. The summed E-state index contributed by atoms with van der Waals surface area (Å²) >= 11 is 0. The molecule has 1 aliphatic rings. The molecule has 1 rings (SSSR count). The van der Waals surface area contributed by atoms with Gasteiger partial charge in [0.2, 0.25) is 0 Å². The van der Waals surface area contributed by atoms with E-state index in [2.05, 4.69) is 26.0 Å². The number of unbranched alkanes of at least 4 members (excludes halogenated alkanes) is 33. The predicted molar refractivity (Wildman–Crippen MR) is 252 cm³/mol. The Balaban J connectivity index is 2.13. The third kappa shape index (κ3) is 34.9. The molecule has 362 valence electrons. The van der Waals surface area contributed by atoms with Crippen LogP contribution >= 0.6 is 0 Å². The van der Waals surface area contributed by atoms with E-state index >= 15 is 0 Å². The molecule has 0 radical (unpaired) electrons. The van der Waals surface area contributed by atoms with E-state index in [0.717, 1.165) is 44.9 Å². The van der Waals surface area contributed by atoms with Crippen LogP contribution in [0.1, 0.15) is 251 Å². The summed E-state index contributed by atoms with van der Waals surface area (Å²) in [7, 11) is 0. The fraction of sp³-hybridized carbons (Fsp3) is 0.942. The van der Waals surface area contributed by atoms with Crippen LogP contribution < -0.4 is 0 Å². The molecule has 0 aromatic rings. The number of allylic oxidation sites excluding steroid dienone is 2. The summed E-state index contributed by atoms with van der Waals surface area (Å²) in [4.78, 5) is 12.8. The van der Waals surface area contributed by atoms with Crippen LogP contribution in [0.25, 0.3) is 0 Å². The lowest BCUT2D eigenvalue weighted by atomic mass is 9.99. The predicted octanol–water partition coefficient (Wildman–Crippen LogP) is 12.8. The molecule has 0 bridgehead atoms. The topological polar surface area (TPSA) is 135 Å². The van der Waals surface area contributed by atoms with E-state index in [0.29, 0.717) is 13.0 Å². The maximum Gasteiger partial charge on any atom is 0.306 e. The van der Waals surface area contributed by atoms with Gasteiger partial charge in [0.15, 0.2) is 6.29 Å². The van der Waals surface area contributed by atoms with Gasteiger partial charge in [0.05, 0.1) is 19.8 Å². The van der Waals surface area contributed by atoms with Gasteiger partial charge < -0.3 is 39.4 Å². The Bertz CT molecular complexity index is 946. The van der Waals surface area contributed by atoms with Crippen molar-refractivity contribution in [1.29, 1.82) is 0 Å². The third-order valence-corrected chi connectivity index (χ3v) is 12.4. The number of aliphatic hydroxyl groups is 4. The minimum Gasteiger partial charge on any atom is -0.457 e. The molecule has 6 atom stereocenters. The number of aliphatic hydroxyl groups excluding tert-OH is 4. The first-order valence-corrected chi connectivity index (χ1v) is 26.3. The fourth-order valence-electron chi connectivity index (χ4n) is 8.31. The van der Waals surface area contributed by atoms with Crippen molar-refractivity contribution in [3.63, 3.8) is 0 Å². The molecule has 0 aromatic heterocycles. The van der Waals surface area contributed by atoms with Crippen molar-refractivity contribution in [3.8, 4) is 0 Å². The Morgan fingerprint density at radius 3 is 1.34 bits per heavy atom. The maximum absolute atomic E-state index is 12.8. The quantitative estimate of drug-likeness (QED) is 0.0268. The van der Waals surface area contributed by atoms with Crippen LogP contribution in [0.3, 0.4) is 0 Å². The molecule has 0 saturated carbocycles. The average molecular weight is 869 g/mol. The van der Waals surface area contributed by atoms with Gasteiger partial charge in [0, 0.05) is 13.0 Å². The van der Waals surface area contributed by atoms with Crippen molar-refractivity contribution < 1.29 is 44.2 Å². The molecule has 9 nitrogen and oxygen atoms in total. The van der Waals surface area contributed by atoms with Crippen molar-refractivity contribution in [2.24, 2.45) is 0 Å². The lowest BCUT2D eigenvalue weighted by Gasteiger charge is -2.39. The van der Waals surface area contributed by atoms with Crippen LogP contribution in [0, 0.1) is 0 Å². The lowest BCUT2D eigenvalue weighted by Crippen LogP contribution is -2.59. The van der Waals surface area contributed by atoms with E-state index in [1.54, 1.807) is 0 Å². The summed E-state index contributed by atoms with van der Waals surface area (Å²) in [5.41, 5.74) is 0. The average Bonchev–Trinajstić information content (AvgIpc) is 3.26. The highest BCUT2D eigenvalue weighted by molar-refractivity contribution is 5.69. The first-order valence-electron chi connectivity index (χ1n) is 26.3. The van der Waals surface area contributed by atoms with E-state index < -0.39 is 43.4 Å². The molecule has 6 unspecified atom stereocenters. The Morgan fingerprint density at radius 2 is 0.902 bits per heavy atom. The SMILES string of the molecule is CCCCCC/C=C\CCCCCCCC(=O)OC(COCCCCCCCCCCCCCCCCCCCCCCCCCCC)COC1OC(CO)C(O)C(O)C1O. The van der Waals surface area contributed by atoms with Gasteiger partial charge in [0.1, 0.15) is 30.5 Å². The number of esters is 1. The zero-order chi connectivity index (χ0) is 44.3. The number of carbonyl (C=O) groups is 1. The van der Waals surface area contributed by atoms with Crippen molar-refractivity contribution >= 4 is 5.97 Å². The fourth-order valence-corrected chi connectivity index (χ4v) is 8.31. The second-order valence-electron chi connectivity index (χ2n) is 18.3. The number of hydrogen-bond donors (Lipinski definition) is 4. The number of ether oxygens (including phenoxy) is 4. The highest BCUT2D eigenvalue weighted by Gasteiger charge is 2.44. The first-order chi connectivity index (χ1) is 29.9. The zero-order valence-electron chi connectivity index (χ0n) is 39.9. The molecule has 1 heterocycles. The minimum atomic E-state index is -1.53. The second-order valence-corrected chi connectivity index (χ2v) is 18.3. The van der Waals surface area contributed by atoms with Gasteiger partial charge in [0.25, 0.3) is 0 Å². The van der Waals surface area contributed by atoms with Crippen LogP contribution in [0.2, 0.25) is 0 Å². The minimum absolute atomic E-state index is 0.111. The lowest BCUT2D eigenvalue weighted by molar-refractivity contribution is -0.305. The molecular weight excluding hydrogens is 769 g/mol. The van der Waals surface area contributed by atoms with Gasteiger partial charge in [-0.3, -0.25) is 4.79 Å². The molecule has 0 aromatic carbocycles. The zero-order valence-corrected chi connectivity index (χ0v) is 39.9. The van der Waals surface area contributed by atoms with Gasteiger partial charge in [-0.2, -0.15) is 0 Å². The second kappa shape index (κ2) is 44.1. The van der Waals surface area contributed by atoms with Gasteiger partial charge in [-0.1, -0.05) is 219 Å². The molecular formula is C52H100O9. The molecule has 0 spiro atoms. The van der Waals surface area contributed by atoms with Crippen LogP contribution in [0.5, 0.6) is 0 Å². The monoisotopic (exact) mass is 869 g/mol. The summed E-state index contributed by atoms with van der Waals surface area (Å²) in [5.74, 6) is -0.318. The van der Waals surface area contributed by atoms with Crippen LogP contribution in [-0.4, -0.2) is 89.6 Å². The Hall–Kier alpha value is -1.07. The summed E-state index contributed by atoms with van der Waals surface area (Å²) in [5, 5.41) is 40.2. The van der Waals surface area contributed by atoms with Crippen LogP contribution in [0.15, 0.2) is 12.2 Å². The van der Waals surface area contributed by atoms with E-state index in [-0.39, 0.29) is 19.2 Å². The summed E-state index contributed by atoms with van der Waals surface area (Å²) < 4.78 is 22.9. The van der Waals surface area contributed by atoms with E-state index in [4.69, 9.17) is 18.9 Å². The van der Waals surface area contributed by atoms with E-state index in [1.165, 1.54) is 186 Å². The third-order valence-electron chi connectivity index (χ3n) is 12.4. The molecule has 1 aliphatic heterocycles. The van der Waals surface area contributed by atoms with Gasteiger partial charge >= 0.3 is 5.97 Å². The molecule has 1 saturated heterocycles. The van der Waals surface area contributed by atoms with Crippen LogP contribution in [0.4, 0.5) is 0 Å². The Labute approximate surface area is 375 Å². The van der Waals surface area contributed by atoms with Gasteiger partial charge in [-0.25, -0.2) is 0 Å². The Kier molecular flexibility index (Phi) is 41.9. The maximum atomic E-state index is 12.8. The van der Waals surface area contributed by atoms with Crippen LogP contribution in [-0.2, 0) is 23.7 Å².